The Morgan fingerprint density at radius 2 is 2.09 bits per heavy atom. The van der Waals surface area contributed by atoms with Gasteiger partial charge in [-0.1, -0.05) is 17.7 Å². The zero-order valence-electron chi connectivity index (χ0n) is 12.7. The summed E-state index contributed by atoms with van der Waals surface area (Å²) in [4.78, 5) is 12.5. The maximum absolute atomic E-state index is 12.5. The number of fused-ring (bicyclic) bond motifs is 1. The quantitative estimate of drug-likeness (QED) is 0.797. The Morgan fingerprint density at radius 1 is 1.32 bits per heavy atom. The van der Waals surface area contributed by atoms with Crippen LogP contribution in [0.15, 0.2) is 36.7 Å². The van der Waals surface area contributed by atoms with Gasteiger partial charge in [-0.3, -0.25) is 9.48 Å². The monoisotopic (exact) mass is 316 g/mol. The van der Waals surface area contributed by atoms with Crippen LogP contribution in [0, 0.1) is 0 Å². The molecule has 0 aliphatic carbocycles. The molecule has 3 rings (SSSR count). The molecule has 0 radical (unpaired) electrons. The second kappa shape index (κ2) is 5.50. The van der Waals surface area contributed by atoms with Gasteiger partial charge >= 0.3 is 0 Å². The average Bonchev–Trinajstić information content (AvgIpc) is 3.05. The lowest BCUT2D eigenvalue weighted by atomic mass is 10.2. The summed E-state index contributed by atoms with van der Waals surface area (Å²) in [5.41, 5.74) is 2.19. The van der Waals surface area contributed by atoms with Crippen LogP contribution in [0.3, 0.4) is 0 Å². The Bertz CT molecular complexity index is 847. The number of amides is 1. The molecule has 1 N–H and O–H groups in total. The van der Waals surface area contributed by atoms with Crippen LogP contribution in [0.5, 0.6) is 0 Å². The van der Waals surface area contributed by atoms with Crippen LogP contribution in [-0.2, 0) is 7.05 Å². The SMILES string of the molecule is CC(C)n1cc(NC(=O)c2cc3ccc(Cl)cc3n2C)cn1. The topological polar surface area (TPSA) is 51.9 Å². The summed E-state index contributed by atoms with van der Waals surface area (Å²) in [6.45, 7) is 4.07. The van der Waals surface area contributed by atoms with Gasteiger partial charge in [0, 0.05) is 35.2 Å². The molecule has 0 spiro atoms. The molecule has 2 heterocycles. The Labute approximate surface area is 133 Å². The molecule has 0 saturated heterocycles. The van der Waals surface area contributed by atoms with Crippen LogP contribution < -0.4 is 5.32 Å². The van der Waals surface area contributed by atoms with E-state index in [-0.39, 0.29) is 11.9 Å². The van der Waals surface area contributed by atoms with E-state index in [0.717, 1.165) is 10.9 Å². The molecule has 1 aromatic carbocycles. The third kappa shape index (κ3) is 2.60. The van der Waals surface area contributed by atoms with Gasteiger partial charge in [0.25, 0.3) is 5.91 Å². The molecular weight excluding hydrogens is 300 g/mol. The standard InChI is InChI=1S/C16H17ClN4O/c1-10(2)21-9-13(8-18-21)19-16(22)15-6-11-4-5-12(17)7-14(11)20(15)3/h4-10H,1-3H3,(H,19,22). The van der Waals surface area contributed by atoms with E-state index in [2.05, 4.69) is 10.4 Å². The fourth-order valence-corrected chi connectivity index (χ4v) is 2.57. The molecule has 3 aromatic rings. The van der Waals surface area contributed by atoms with Gasteiger partial charge in [-0.25, -0.2) is 0 Å². The second-order valence-corrected chi connectivity index (χ2v) is 5.99. The molecule has 0 unspecified atom stereocenters. The smallest absolute Gasteiger partial charge is 0.272 e. The predicted molar refractivity (Wildman–Crippen MR) is 88.5 cm³/mol. The number of nitrogens with zero attached hydrogens (tertiary/aromatic N) is 3. The zero-order chi connectivity index (χ0) is 15.9. The van der Waals surface area contributed by atoms with Crippen LogP contribution in [-0.4, -0.2) is 20.3 Å². The highest BCUT2D eigenvalue weighted by molar-refractivity contribution is 6.31. The molecule has 0 bridgehead atoms. The van der Waals surface area contributed by atoms with Crippen molar-refractivity contribution in [2.45, 2.75) is 19.9 Å². The van der Waals surface area contributed by atoms with Crippen molar-refractivity contribution < 1.29 is 4.79 Å². The third-order valence-electron chi connectivity index (χ3n) is 3.63. The van der Waals surface area contributed by atoms with Crippen molar-refractivity contribution in [1.82, 2.24) is 14.3 Å². The van der Waals surface area contributed by atoms with E-state index in [1.54, 1.807) is 10.9 Å². The number of benzene rings is 1. The van der Waals surface area contributed by atoms with Crippen molar-refractivity contribution >= 4 is 34.1 Å². The third-order valence-corrected chi connectivity index (χ3v) is 3.86. The molecule has 0 atom stereocenters. The van der Waals surface area contributed by atoms with Crippen LogP contribution >= 0.6 is 11.6 Å². The van der Waals surface area contributed by atoms with Crippen molar-refractivity contribution in [1.29, 1.82) is 0 Å². The molecule has 5 nitrogen and oxygen atoms in total. The van der Waals surface area contributed by atoms with Crippen LogP contribution in [0.2, 0.25) is 5.02 Å². The first kappa shape index (κ1) is 14.7. The fourth-order valence-electron chi connectivity index (χ4n) is 2.40. The molecule has 0 saturated carbocycles. The molecule has 0 fully saturated rings. The average molecular weight is 317 g/mol. The minimum Gasteiger partial charge on any atom is -0.340 e. The zero-order valence-corrected chi connectivity index (χ0v) is 13.4. The number of carbonyl (C=O) groups is 1. The summed E-state index contributed by atoms with van der Waals surface area (Å²) in [5, 5.41) is 8.72. The van der Waals surface area contributed by atoms with E-state index in [1.807, 2.05) is 55.9 Å². The lowest BCUT2D eigenvalue weighted by Crippen LogP contribution is -2.15. The minimum absolute atomic E-state index is 0.168. The van der Waals surface area contributed by atoms with Crippen molar-refractivity contribution in [2.24, 2.45) is 7.05 Å². The lowest BCUT2D eigenvalue weighted by Gasteiger charge is -2.05. The van der Waals surface area contributed by atoms with E-state index < -0.39 is 0 Å². The summed E-state index contributed by atoms with van der Waals surface area (Å²) >= 11 is 6.02. The molecule has 6 heteroatoms. The summed E-state index contributed by atoms with van der Waals surface area (Å²) in [7, 11) is 1.85. The van der Waals surface area contributed by atoms with Gasteiger partial charge in [-0.2, -0.15) is 5.10 Å². The molecule has 1 amide bonds. The number of nitrogens with one attached hydrogen (secondary N) is 1. The van der Waals surface area contributed by atoms with E-state index in [0.29, 0.717) is 16.4 Å². The highest BCUT2D eigenvalue weighted by atomic mass is 35.5. The Balaban J connectivity index is 1.90. The maximum Gasteiger partial charge on any atom is 0.272 e. The largest absolute Gasteiger partial charge is 0.340 e. The van der Waals surface area contributed by atoms with Gasteiger partial charge in [0.05, 0.1) is 11.9 Å². The van der Waals surface area contributed by atoms with Crippen molar-refractivity contribution in [3.63, 3.8) is 0 Å². The first-order valence-corrected chi connectivity index (χ1v) is 7.44. The van der Waals surface area contributed by atoms with Crippen LogP contribution in [0.4, 0.5) is 5.69 Å². The van der Waals surface area contributed by atoms with Crippen molar-refractivity contribution in [3.8, 4) is 0 Å². The number of carbonyl (C=O) groups excluding carboxylic acids is 1. The summed E-state index contributed by atoms with van der Waals surface area (Å²) in [5.74, 6) is -0.168. The first-order chi connectivity index (χ1) is 10.5. The number of halogens is 1. The number of hydrogen-bond acceptors (Lipinski definition) is 2. The molecular formula is C16H17ClN4O. The number of rotatable bonds is 3. The Morgan fingerprint density at radius 3 is 2.77 bits per heavy atom. The summed E-state index contributed by atoms with van der Waals surface area (Å²) in [6, 6.07) is 7.69. The number of anilines is 1. The van der Waals surface area contributed by atoms with E-state index in [4.69, 9.17) is 11.6 Å². The molecule has 0 aliphatic rings. The number of aryl methyl sites for hydroxylation is 1. The normalized spacial score (nSPS) is 11.3. The van der Waals surface area contributed by atoms with Gasteiger partial charge in [-0.15, -0.1) is 0 Å². The molecule has 22 heavy (non-hydrogen) atoms. The first-order valence-electron chi connectivity index (χ1n) is 7.06. The molecule has 0 aliphatic heterocycles. The van der Waals surface area contributed by atoms with Crippen LogP contribution in [0.25, 0.3) is 10.9 Å². The van der Waals surface area contributed by atoms with Gasteiger partial charge in [0.1, 0.15) is 5.69 Å². The molecule has 114 valence electrons. The Kier molecular flexibility index (Phi) is 3.66. The van der Waals surface area contributed by atoms with Crippen LogP contribution in [0.1, 0.15) is 30.4 Å². The predicted octanol–water partition coefficient (Wildman–Crippen LogP) is 3.86. The second-order valence-electron chi connectivity index (χ2n) is 5.55. The van der Waals surface area contributed by atoms with E-state index >= 15 is 0 Å². The number of aromatic nitrogens is 3. The van der Waals surface area contributed by atoms with E-state index in [1.165, 1.54) is 0 Å². The maximum atomic E-state index is 12.5. The van der Waals surface area contributed by atoms with Gasteiger partial charge in [0.15, 0.2) is 0 Å². The fraction of sp³-hybridized carbons (Fsp3) is 0.250. The van der Waals surface area contributed by atoms with Gasteiger partial charge < -0.3 is 9.88 Å². The molecule has 2 aromatic heterocycles. The van der Waals surface area contributed by atoms with E-state index in [9.17, 15) is 4.79 Å². The van der Waals surface area contributed by atoms with Gasteiger partial charge in [-0.05, 0) is 32.0 Å². The highest BCUT2D eigenvalue weighted by Crippen LogP contribution is 2.23. The lowest BCUT2D eigenvalue weighted by molar-refractivity contribution is 0.101. The summed E-state index contributed by atoms with van der Waals surface area (Å²) in [6.07, 6.45) is 3.47. The van der Waals surface area contributed by atoms with Crippen molar-refractivity contribution in [3.05, 3.63) is 47.4 Å². The Hall–Kier alpha value is -2.27. The highest BCUT2D eigenvalue weighted by Gasteiger charge is 2.14. The van der Waals surface area contributed by atoms with Gasteiger partial charge in [0.2, 0.25) is 0 Å². The summed E-state index contributed by atoms with van der Waals surface area (Å²) < 4.78 is 3.64. The van der Waals surface area contributed by atoms with Crippen molar-refractivity contribution in [2.75, 3.05) is 5.32 Å². The number of hydrogen-bond donors (Lipinski definition) is 1. The minimum atomic E-state index is -0.168.